The van der Waals surface area contributed by atoms with Crippen molar-refractivity contribution >= 4 is 0 Å². The van der Waals surface area contributed by atoms with Crippen LogP contribution in [-0.2, 0) is 0 Å². The smallest absolute Gasteiger partial charge is 0.0332 e. The normalized spacial score (nSPS) is 12.8. The largest absolute Gasteiger partial charge is 0.310 e. The molecule has 0 aliphatic heterocycles. The lowest BCUT2D eigenvalue weighted by Gasteiger charge is -2.24. The minimum absolute atomic E-state index is 0.493. The zero-order valence-corrected chi connectivity index (χ0v) is 12.9. The molecule has 1 unspecified atom stereocenters. The molecule has 0 saturated carbocycles. The Labute approximate surface area is 119 Å². The molecule has 1 rings (SSSR count). The maximum absolute atomic E-state index is 3.68. The summed E-state index contributed by atoms with van der Waals surface area (Å²) in [5, 5.41) is 3.68. The first-order valence-corrected chi connectivity index (χ1v) is 7.82. The number of rotatable bonds is 10. The monoisotopic (exact) mass is 262 g/mol. The quantitative estimate of drug-likeness (QED) is 0.689. The third-order valence-corrected chi connectivity index (χ3v) is 3.56. The van der Waals surface area contributed by atoms with Crippen LogP contribution in [-0.4, -0.2) is 31.1 Å². The van der Waals surface area contributed by atoms with E-state index in [9.17, 15) is 0 Å². The average molecular weight is 262 g/mol. The molecule has 1 N–H and O–H groups in total. The van der Waals surface area contributed by atoms with E-state index < -0.39 is 0 Å². The van der Waals surface area contributed by atoms with E-state index >= 15 is 0 Å². The van der Waals surface area contributed by atoms with Crippen LogP contribution in [0.1, 0.15) is 51.6 Å². The van der Waals surface area contributed by atoms with Crippen molar-refractivity contribution in [3.05, 3.63) is 35.9 Å². The molecule has 0 aromatic heterocycles. The van der Waals surface area contributed by atoms with Gasteiger partial charge in [0.1, 0.15) is 0 Å². The Morgan fingerprint density at radius 2 is 1.74 bits per heavy atom. The predicted octanol–water partition coefficient (Wildman–Crippen LogP) is 3.85. The molecule has 19 heavy (non-hydrogen) atoms. The predicted molar refractivity (Wildman–Crippen MR) is 84.5 cm³/mol. The van der Waals surface area contributed by atoms with Gasteiger partial charge in [0.2, 0.25) is 0 Å². The fraction of sp³-hybridized carbons (Fsp3) is 0.647. The van der Waals surface area contributed by atoms with E-state index in [-0.39, 0.29) is 0 Å². The van der Waals surface area contributed by atoms with Crippen molar-refractivity contribution in [1.82, 2.24) is 10.2 Å². The summed E-state index contributed by atoms with van der Waals surface area (Å²) >= 11 is 0. The highest BCUT2D eigenvalue weighted by atomic mass is 15.1. The first kappa shape index (κ1) is 16.2. The third kappa shape index (κ3) is 6.22. The molecular weight excluding hydrogens is 232 g/mol. The van der Waals surface area contributed by atoms with Crippen LogP contribution in [0, 0.1) is 0 Å². The van der Waals surface area contributed by atoms with Crippen LogP contribution in [0.25, 0.3) is 0 Å². The van der Waals surface area contributed by atoms with Crippen molar-refractivity contribution in [2.45, 2.75) is 46.1 Å². The Morgan fingerprint density at radius 3 is 2.32 bits per heavy atom. The Kier molecular flexibility index (Phi) is 8.52. The highest BCUT2D eigenvalue weighted by Crippen LogP contribution is 2.17. The van der Waals surface area contributed by atoms with Gasteiger partial charge >= 0.3 is 0 Å². The van der Waals surface area contributed by atoms with Crippen LogP contribution in [0.15, 0.2) is 30.3 Å². The Balaban J connectivity index is 2.54. The lowest BCUT2D eigenvalue weighted by atomic mass is 10.0. The molecule has 2 nitrogen and oxygen atoms in total. The lowest BCUT2D eigenvalue weighted by Crippen LogP contribution is -2.30. The Hall–Kier alpha value is -0.860. The second kappa shape index (κ2) is 9.99. The SMILES string of the molecule is CCCNC(CCN(CC)CCC)c1ccccc1. The van der Waals surface area contributed by atoms with E-state index in [4.69, 9.17) is 0 Å². The molecule has 0 saturated heterocycles. The first-order chi connectivity index (χ1) is 9.31. The van der Waals surface area contributed by atoms with Crippen molar-refractivity contribution in [3.63, 3.8) is 0 Å². The van der Waals surface area contributed by atoms with Gasteiger partial charge in [-0.3, -0.25) is 0 Å². The van der Waals surface area contributed by atoms with Crippen LogP contribution in [0.5, 0.6) is 0 Å². The summed E-state index contributed by atoms with van der Waals surface area (Å²) < 4.78 is 0. The number of nitrogens with one attached hydrogen (secondary N) is 1. The van der Waals surface area contributed by atoms with Crippen molar-refractivity contribution in [3.8, 4) is 0 Å². The molecule has 0 aliphatic rings. The fourth-order valence-electron chi connectivity index (χ4n) is 2.45. The van der Waals surface area contributed by atoms with Gasteiger partial charge in [0, 0.05) is 6.04 Å². The summed E-state index contributed by atoms with van der Waals surface area (Å²) in [5.74, 6) is 0. The molecule has 2 heteroatoms. The molecule has 0 fully saturated rings. The molecule has 0 spiro atoms. The van der Waals surface area contributed by atoms with Gasteiger partial charge in [-0.1, -0.05) is 51.1 Å². The van der Waals surface area contributed by atoms with Crippen LogP contribution >= 0.6 is 0 Å². The summed E-state index contributed by atoms with van der Waals surface area (Å²) in [7, 11) is 0. The average Bonchev–Trinajstić information content (AvgIpc) is 2.47. The van der Waals surface area contributed by atoms with Gasteiger partial charge in [-0.15, -0.1) is 0 Å². The number of hydrogen-bond donors (Lipinski definition) is 1. The molecule has 1 aromatic rings. The van der Waals surface area contributed by atoms with Crippen LogP contribution in [0.3, 0.4) is 0 Å². The standard InChI is InChI=1S/C17H30N2/c1-4-13-18-17(16-10-8-7-9-11-16)12-15-19(6-3)14-5-2/h7-11,17-18H,4-6,12-15H2,1-3H3. The minimum Gasteiger partial charge on any atom is -0.310 e. The van der Waals surface area contributed by atoms with Gasteiger partial charge in [-0.05, 0) is 51.0 Å². The first-order valence-electron chi connectivity index (χ1n) is 7.82. The van der Waals surface area contributed by atoms with Gasteiger partial charge in [0.05, 0.1) is 0 Å². The zero-order chi connectivity index (χ0) is 13.9. The summed E-state index contributed by atoms with van der Waals surface area (Å²) in [5.41, 5.74) is 1.42. The summed E-state index contributed by atoms with van der Waals surface area (Å²) in [6.07, 6.45) is 3.62. The van der Waals surface area contributed by atoms with Crippen molar-refractivity contribution in [2.75, 3.05) is 26.2 Å². The second-order valence-corrected chi connectivity index (χ2v) is 5.14. The number of benzene rings is 1. The van der Waals surface area contributed by atoms with Crippen molar-refractivity contribution in [1.29, 1.82) is 0 Å². The number of nitrogens with zero attached hydrogens (tertiary/aromatic N) is 1. The fourth-order valence-corrected chi connectivity index (χ4v) is 2.45. The molecular formula is C17H30N2. The Bertz CT molecular complexity index is 310. The van der Waals surface area contributed by atoms with E-state index in [0.29, 0.717) is 6.04 Å². The van der Waals surface area contributed by atoms with E-state index in [2.05, 4.69) is 61.3 Å². The maximum Gasteiger partial charge on any atom is 0.0332 e. The summed E-state index contributed by atoms with van der Waals surface area (Å²) in [4.78, 5) is 2.55. The molecule has 0 aliphatic carbocycles. The van der Waals surface area contributed by atoms with Crippen molar-refractivity contribution < 1.29 is 0 Å². The molecule has 108 valence electrons. The van der Waals surface area contributed by atoms with Gasteiger partial charge in [-0.25, -0.2) is 0 Å². The third-order valence-electron chi connectivity index (χ3n) is 3.56. The molecule has 1 aromatic carbocycles. The van der Waals surface area contributed by atoms with Crippen LogP contribution in [0.2, 0.25) is 0 Å². The van der Waals surface area contributed by atoms with Gasteiger partial charge in [0.15, 0.2) is 0 Å². The maximum atomic E-state index is 3.68. The molecule has 1 atom stereocenters. The topological polar surface area (TPSA) is 15.3 Å². The number of hydrogen-bond acceptors (Lipinski definition) is 2. The molecule has 0 radical (unpaired) electrons. The second-order valence-electron chi connectivity index (χ2n) is 5.14. The molecule has 0 bridgehead atoms. The van der Waals surface area contributed by atoms with Gasteiger partial charge < -0.3 is 10.2 Å². The van der Waals surface area contributed by atoms with Crippen LogP contribution < -0.4 is 5.32 Å². The Morgan fingerprint density at radius 1 is 1.00 bits per heavy atom. The zero-order valence-electron chi connectivity index (χ0n) is 12.9. The lowest BCUT2D eigenvalue weighted by molar-refractivity contribution is 0.269. The molecule has 0 heterocycles. The van der Waals surface area contributed by atoms with Crippen LogP contribution in [0.4, 0.5) is 0 Å². The van der Waals surface area contributed by atoms with Crippen molar-refractivity contribution in [2.24, 2.45) is 0 Å². The van der Waals surface area contributed by atoms with E-state index in [1.165, 1.54) is 37.9 Å². The summed E-state index contributed by atoms with van der Waals surface area (Å²) in [6, 6.07) is 11.3. The van der Waals surface area contributed by atoms with Gasteiger partial charge in [-0.2, -0.15) is 0 Å². The minimum atomic E-state index is 0.493. The molecule has 0 amide bonds. The summed E-state index contributed by atoms with van der Waals surface area (Å²) in [6.45, 7) is 11.4. The van der Waals surface area contributed by atoms with E-state index in [1.54, 1.807) is 0 Å². The highest BCUT2D eigenvalue weighted by molar-refractivity contribution is 5.18. The van der Waals surface area contributed by atoms with E-state index in [1.807, 2.05) is 0 Å². The highest BCUT2D eigenvalue weighted by Gasteiger charge is 2.11. The van der Waals surface area contributed by atoms with E-state index in [0.717, 1.165) is 13.1 Å². The van der Waals surface area contributed by atoms with Gasteiger partial charge in [0.25, 0.3) is 0 Å².